The van der Waals surface area contributed by atoms with Gasteiger partial charge in [0.1, 0.15) is 0 Å². The van der Waals surface area contributed by atoms with Gasteiger partial charge in [-0.15, -0.1) is 0 Å². The molecule has 0 aromatic carbocycles. The first-order chi connectivity index (χ1) is 9.47. The minimum absolute atomic E-state index is 0.147. The Balaban J connectivity index is 2.17. The number of aromatic nitrogens is 1. The van der Waals surface area contributed by atoms with Gasteiger partial charge in [0.2, 0.25) is 5.95 Å². The number of pyridine rings is 1. The Kier molecular flexibility index (Phi) is 4.93. The Morgan fingerprint density at radius 2 is 2.00 bits per heavy atom. The number of alkyl halides is 3. The lowest BCUT2D eigenvalue weighted by atomic mass is 10.0. The molecule has 0 unspecified atom stereocenters. The second kappa shape index (κ2) is 6.49. The summed E-state index contributed by atoms with van der Waals surface area (Å²) < 4.78 is 51.2. The molecule has 1 aliphatic heterocycles. The maximum Gasteiger partial charge on any atom is 0.389 e. The van der Waals surface area contributed by atoms with Crippen molar-refractivity contribution < 1.29 is 17.6 Å². The van der Waals surface area contributed by atoms with E-state index in [0.29, 0.717) is 26.2 Å². The molecule has 1 aromatic rings. The molecule has 1 saturated heterocycles. The quantitative estimate of drug-likeness (QED) is 0.682. The van der Waals surface area contributed by atoms with Gasteiger partial charge in [0.05, 0.1) is 0 Å². The molecule has 7 heteroatoms. The average molecular weight is 291 g/mol. The lowest BCUT2D eigenvalue weighted by Gasteiger charge is -2.35. The molecule has 0 bridgehead atoms. The summed E-state index contributed by atoms with van der Waals surface area (Å²) in [5.41, 5.74) is 0.249. The number of halogens is 4. The molecular weight excluding hydrogens is 274 g/mol. The number of nitrogens with one attached hydrogen (secondary N) is 1. The van der Waals surface area contributed by atoms with Crippen LogP contribution in [0.25, 0.3) is 0 Å². The molecule has 1 aromatic heterocycles. The molecule has 0 spiro atoms. The van der Waals surface area contributed by atoms with E-state index in [1.54, 1.807) is 6.07 Å². The molecule has 0 radical (unpaired) electrons. The summed E-state index contributed by atoms with van der Waals surface area (Å²) in [6.45, 7) is 2.61. The molecule has 0 saturated carbocycles. The van der Waals surface area contributed by atoms with E-state index < -0.39 is 24.6 Å². The highest BCUT2D eigenvalue weighted by atomic mass is 19.4. The maximum absolute atomic E-state index is 13.8. The topological polar surface area (TPSA) is 28.2 Å². The first-order valence-corrected chi connectivity index (χ1v) is 6.59. The van der Waals surface area contributed by atoms with E-state index >= 15 is 0 Å². The van der Waals surface area contributed by atoms with Crippen LogP contribution in [0, 0.1) is 5.95 Å². The van der Waals surface area contributed by atoms with Gasteiger partial charge >= 0.3 is 6.18 Å². The van der Waals surface area contributed by atoms with Crippen molar-refractivity contribution in [1.29, 1.82) is 0 Å². The third kappa shape index (κ3) is 4.14. The van der Waals surface area contributed by atoms with Gasteiger partial charge in [-0.3, -0.25) is 4.90 Å². The average Bonchev–Trinajstić information content (AvgIpc) is 2.41. The summed E-state index contributed by atoms with van der Waals surface area (Å²) in [6, 6.07) is 2.50. The van der Waals surface area contributed by atoms with Crippen molar-refractivity contribution in [2.24, 2.45) is 0 Å². The van der Waals surface area contributed by atoms with E-state index in [1.165, 1.54) is 12.3 Å². The smallest absolute Gasteiger partial charge is 0.314 e. The fourth-order valence-corrected chi connectivity index (χ4v) is 2.48. The summed E-state index contributed by atoms with van der Waals surface area (Å²) in [7, 11) is 0. The second-order valence-electron chi connectivity index (χ2n) is 4.84. The third-order valence-electron chi connectivity index (χ3n) is 3.44. The van der Waals surface area contributed by atoms with Crippen LogP contribution < -0.4 is 5.32 Å². The predicted molar refractivity (Wildman–Crippen MR) is 66.7 cm³/mol. The van der Waals surface area contributed by atoms with E-state index in [9.17, 15) is 17.6 Å². The number of hydrogen-bond donors (Lipinski definition) is 1. The van der Waals surface area contributed by atoms with Crippen molar-refractivity contribution in [2.45, 2.75) is 25.1 Å². The summed E-state index contributed by atoms with van der Waals surface area (Å²) in [5.74, 6) is -0.682. The first kappa shape index (κ1) is 15.2. The van der Waals surface area contributed by atoms with Gasteiger partial charge in [-0.05, 0) is 12.5 Å². The van der Waals surface area contributed by atoms with Crippen LogP contribution >= 0.6 is 0 Å². The Bertz CT molecular complexity index is 430. The number of rotatable bonds is 4. The largest absolute Gasteiger partial charge is 0.389 e. The molecule has 1 atom stereocenters. The monoisotopic (exact) mass is 291 g/mol. The molecule has 2 heterocycles. The van der Waals surface area contributed by atoms with Gasteiger partial charge < -0.3 is 5.32 Å². The Labute approximate surface area is 115 Å². The molecule has 0 amide bonds. The highest BCUT2D eigenvalue weighted by molar-refractivity contribution is 5.16. The molecule has 20 heavy (non-hydrogen) atoms. The predicted octanol–water partition coefficient (Wildman–Crippen LogP) is 2.51. The fraction of sp³-hybridized carbons (Fsp3) is 0.615. The molecule has 2 rings (SSSR count). The minimum atomic E-state index is -4.23. The molecule has 1 aliphatic rings. The Hall–Kier alpha value is -1.21. The number of piperazine rings is 1. The lowest BCUT2D eigenvalue weighted by Crippen LogP contribution is -2.45. The van der Waals surface area contributed by atoms with E-state index in [0.717, 1.165) is 0 Å². The summed E-state index contributed by atoms with van der Waals surface area (Å²) in [4.78, 5) is 5.44. The number of nitrogens with zero attached hydrogens (tertiary/aromatic N) is 2. The van der Waals surface area contributed by atoms with E-state index in [-0.39, 0.29) is 12.0 Å². The standard InChI is InChI=1S/C13H17F4N3/c14-12-10(2-1-5-19-12)11(3-4-13(15,16)17)20-8-6-18-7-9-20/h1-2,5,11,18H,3-4,6-9H2/t11-/m1/s1. The van der Waals surface area contributed by atoms with Crippen LogP contribution in [0.4, 0.5) is 17.6 Å². The van der Waals surface area contributed by atoms with Crippen LogP contribution in [0.3, 0.4) is 0 Å². The lowest BCUT2D eigenvalue weighted by molar-refractivity contribution is -0.138. The van der Waals surface area contributed by atoms with Crippen molar-refractivity contribution in [3.63, 3.8) is 0 Å². The molecule has 112 valence electrons. The Morgan fingerprint density at radius 3 is 2.60 bits per heavy atom. The zero-order valence-corrected chi connectivity index (χ0v) is 11.0. The van der Waals surface area contributed by atoms with Crippen molar-refractivity contribution >= 4 is 0 Å². The van der Waals surface area contributed by atoms with Gasteiger partial charge in [0.15, 0.2) is 0 Å². The molecular formula is C13H17F4N3. The van der Waals surface area contributed by atoms with Crippen LogP contribution in [0.1, 0.15) is 24.4 Å². The van der Waals surface area contributed by atoms with Crippen LogP contribution in [0.15, 0.2) is 18.3 Å². The van der Waals surface area contributed by atoms with Crippen LogP contribution in [0.5, 0.6) is 0 Å². The highest BCUT2D eigenvalue weighted by Crippen LogP contribution is 2.32. The Morgan fingerprint density at radius 1 is 1.30 bits per heavy atom. The molecule has 1 fully saturated rings. The van der Waals surface area contributed by atoms with Crippen LogP contribution in [-0.4, -0.2) is 42.2 Å². The minimum Gasteiger partial charge on any atom is -0.314 e. The van der Waals surface area contributed by atoms with Crippen molar-refractivity contribution in [1.82, 2.24) is 15.2 Å². The zero-order valence-electron chi connectivity index (χ0n) is 11.0. The highest BCUT2D eigenvalue weighted by Gasteiger charge is 2.32. The normalized spacial score (nSPS) is 19.0. The second-order valence-corrected chi connectivity index (χ2v) is 4.84. The van der Waals surface area contributed by atoms with Gasteiger partial charge in [-0.1, -0.05) is 6.07 Å². The maximum atomic E-state index is 13.8. The summed E-state index contributed by atoms with van der Waals surface area (Å²) in [6.07, 6.45) is -4.00. The third-order valence-corrected chi connectivity index (χ3v) is 3.44. The fourth-order valence-electron chi connectivity index (χ4n) is 2.48. The van der Waals surface area contributed by atoms with Crippen LogP contribution in [-0.2, 0) is 0 Å². The zero-order chi connectivity index (χ0) is 14.6. The van der Waals surface area contributed by atoms with Crippen molar-refractivity contribution in [3.8, 4) is 0 Å². The van der Waals surface area contributed by atoms with E-state index in [1.807, 2.05) is 4.90 Å². The van der Waals surface area contributed by atoms with Gasteiger partial charge in [0, 0.05) is 50.4 Å². The molecule has 3 nitrogen and oxygen atoms in total. The van der Waals surface area contributed by atoms with E-state index in [4.69, 9.17) is 0 Å². The summed E-state index contributed by atoms with van der Waals surface area (Å²) in [5, 5.41) is 3.13. The molecule has 1 N–H and O–H groups in total. The van der Waals surface area contributed by atoms with Gasteiger partial charge in [0.25, 0.3) is 0 Å². The summed E-state index contributed by atoms with van der Waals surface area (Å²) >= 11 is 0. The van der Waals surface area contributed by atoms with Crippen molar-refractivity contribution in [3.05, 3.63) is 29.8 Å². The van der Waals surface area contributed by atoms with Crippen molar-refractivity contribution in [2.75, 3.05) is 26.2 Å². The van der Waals surface area contributed by atoms with Gasteiger partial charge in [-0.25, -0.2) is 4.98 Å². The SMILES string of the molecule is Fc1ncccc1[C@@H](CCC(F)(F)F)N1CCNCC1. The first-order valence-electron chi connectivity index (χ1n) is 6.59. The van der Waals surface area contributed by atoms with Crippen LogP contribution in [0.2, 0.25) is 0 Å². The molecule has 0 aliphatic carbocycles. The van der Waals surface area contributed by atoms with E-state index in [2.05, 4.69) is 10.3 Å². The number of hydrogen-bond acceptors (Lipinski definition) is 3. The van der Waals surface area contributed by atoms with Gasteiger partial charge in [-0.2, -0.15) is 17.6 Å².